The molecule has 1 unspecified atom stereocenters. The number of thiol groups is 1. The van der Waals surface area contributed by atoms with E-state index >= 15 is 0 Å². The zero-order valence-corrected chi connectivity index (χ0v) is 12.2. The Morgan fingerprint density at radius 2 is 1.79 bits per heavy atom. The van der Waals surface area contributed by atoms with Gasteiger partial charge in [-0.25, -0.2) is 0 Å². The quantitative estimate of drug-likeness (QED) is 0.811. The maximum atomic E-state index is 4.66. The molecule has 19 heavy (non-hydrogen) atoms. The molecule has 0 spiro atoms. The van der Waals surface area contributed by atoms with Crippen molar-refractivity contribution in [3.8, 4) is 0 Å². The average Bonchev–Trinajstić information content (AvgIpc) is 2.49. The van der Waals surface area contributed by atoms with E-state index in [1.807, 2.05) is 0 Å². The van der Waals surface area contributed by atoms with Crippen LogP contribution in [-0.2, 0) is 0 Å². The van der Waals surface area contributed by atoms with E-state index in [1.165, 1.54) is 37.8 Å². The van der Waals surface area contributed by atoms with Gasteiger partial charge in [0.2, 0.25) is 0 Å². The van der Waals surface area contributed by atoms with Crippen LogP contribution in [0.3, 0.4) is 0 Å². The van der Waals surface area contributed by atoms with Crippen LogP contribution < -0.4 is 10.2 Å². The number of anilines is 1. The number of hydrogen-bond donors (Lipinski definition) is 2. The van der Waals surface area contributed by atoms with Crippen molar-refractivity contribution >= 4 is 18.3 Å². The van der Waals surface area contributed by atoms with E-state index in [0.29, 0.717) is 0 Å². The van der Waals surface area contributed by atoms with Crippen LogP contribution in [0, 0.1) is 0 Å². The van der Waals surface area contributed by atoms with Gasteiger partial charge in [0.1, 0.15) is 5.50 Å². The molecule has 0 radical (unpaired) electrons. The first-order chi connectivity index (χ1) is 9.34. The first kappa shape index (κ1) is 13.3. The fourth-order valence-corrected chi connectivity index (χ4v) is 3.45. The zero-order valence-electron chi connectivity index (χ0n) is 11.3. The van der Waals surface area contributed by atoms with Gasteiger partial charge in [-0.15, -0.1) is 12.6 Å². The maximum absolute atomic E-state index is 4.66. The monoisotopic (exact) mass is 277 g/mol. The third kappa shape index (κ3) is 3.07. The molecule has 3 nitrogen and oxygen atoms in total. The second-order valence-electron chi connectivity index (χ2n) is 5.56. The van der Waals surface area contributed by atoms with Crippen LogP contribution in [0.15, 0.2) is 30.3 Å². The van der Waals surface area contributed by atoms with E-state index in [4.69, 9.17) is 0 Å². The van der Waals surface area contributed by atoms with Gasteiger partial charge < -0.3 is 4.90 Å². The lowest BCUT2D eigenvalue weighted by atomic mass is 9.94. The minimum atomic E-state index is 0.113. The Balaban J connectivity index is 1.70. The van der Waals surface area contributed by atoms with Gasteiger partial charge >= 0.3 is 0 Å². The fraction of sp³-hybridized carbons (Fsp3) is 0.600. The predicted molar refractivity (Wildman–Crippen MR) is 83.3 cm³/mol. The van der Waals surface area contributed by atoms with Crippen LogP contribution in [0.4, 0.5) is 5.69 Å². The Hall–Kier alpha value is -0.710. The summed E-state index contributed by atoms with van der Waals surface area (Å²) in [7, 11) is 0. The molecule has 1 aliphatic carbocycles. The molecule has 1 saturated heterocycles. The molecule has 2 fully saturated rings. The normalized spacial score (nSPS) is 26.6. The van der Waals surface area contributed by atoms with Gasteiger partial charge in [0.05, 0.1) is 13.3 Å². The molecule has 1 N–H and O–H groups in total. The molecule has 4 heteroatoms. The van der Waals surface area contributed by atoms with Gasteiger partial charge in [-0.1, -0.05) is 37.5 Å². The summed E-state index contributed by atoms with van der Waals surface area (Å²) in [5, 5.41) is 3.49. The zero-order chi connectivity index (χ0) is 13.1. The van der Waals surface area contributed by atoms with Crippen LogP contribution >= 0.6 is 12.6 Å². The third-order valence-corrected chi connectivity index (χ3v) is 4.75. The van der Waals surface area contributed by atoms with Crippen LogP contribution in [-0.4, -0.2) is 29.8 Å². The van der Waals surface area contributed by atoms with Gasteiger partial charge in [-0.3, -0.25) is 10.2 Å². The summed E-state index contributed by atoms with van der Waals surface area (Å²) >= 11 is 4.66. The van der Waals surface area contributed by atoms with Crippen LogP contribution in [0.5, 0.6) is 0 Å². The number of nitrogens with one attached hydrogen (secondary N) is 1. The van der Waals surface area contributed by atoms with E-state index in [9.17, 15) is 0 Å². The highest BCUT2D eigenvalue weighted by Gasteiger charge is 2.29. The lowest BCUT2D eigenvalue weighted by Gasteiger charge is -2.45. The smallest absolute Gasteiger partial charge is 0.127 e. The molecular formula is C15H23N3S. The largest absolute Gasteiger partial charge is 0.334 e. The molecule has 1 aromatic carbocycles. The van der Waals surface area contributed by atoms with Gasteiger partial charge in [0.25, 0.3) is 0 Å². The van der Waals surface area contributed by atoms with Crippen LogP contribution in [0.2, 0.25) is 0 Å². The minimum Gasteiger partial charge on any atom is -0.334 e. The van der Waals surface area contributed by atoms with E-state index in [0.717, 1.165) is 19.4 Å². The summed E-state index contributed by atoms with van der Waals surface area (Å²) in [5.41, 5.74) is 1.36. The molecule has 1 aromatic rings. The molecule has 1 atom stereocenters. The lowest BCUT2D eigenvalue weighted by Crippen LogP contribution is -2.60. The fourth-order valence-electron chi connectivity index (χ4n) is 3.17. The molecule has 2 aliphatic rings. The van der Waals surface area contributed by atoms with E-state index in [1.54, 1.807) is 0 Å². The molecule has 1 saturated carbocycles. The topological polar surface area (TPSA) is 18.5 Å². The minimum absolute atomic E-state index is 0.113. The predicted octanol–water partition coefficient (Wildman–Crippen LogP) is 2.86. The number of para-hydroxylation sites is 1. The van der Waals surface area contributed by atoms with Crippen molar-refractivity contribution < 1.29 is 0 Å². The van der Waals surface area contributed by atoms with Crippen molar-refractivity contribution in [1.82, 2.24) is 10.2 Å². The summed E-state index contributed by atoms with van der Waals surface area (Å²) in [6, 6.07) is 11.3. The van der Waals surface area contributed by atoms with Gasteiger partial charge in [-0.05, 0) is 25.0 Å². The Morgan fingerprint density at radius 3 is 2.53 bits per heavy atom. The summed E-state index contributed by atoms with van der Waals surface area (Å²) in [5.74, 6) is 0. The molecule has 1 aliphatic heterocycles. The van der Waals surface area contributed by atoms with Crippen molar-refractivity contribution in [3.63, 3.8) is 0 Å². The average molecular weight is 277 g/mol. The summed E-state index contributed by atoms with van der Waals surface area (Å²) in [4.78, 5) is 4.90. The number of nitrogens with zero attached hydrogens (tertiary/aromatic N) is 2. The van der Waals surface area contributed by atoms with Crippen molar-refractivity contribution in [3.05, 3.63) is 30.3 Å². The Kier molecular flexibility index (Phi) is 4.31. The second kappa shape index (κ2) is 6.16. The highest BCUT2D eigenvalue weighted by Crippen LogP contribution is 2.26. The molecule has 104 valence electrons. The SMILES string of the molecule is SC1NCN(C2CCCCC2)CN1c1ccccc1. The first-order valence-corrected chi connectivity index (χ1v) is 7.83. The van der Waals surface area contributed by atoms with Gasteiger partial charge in [0.15, 0.2) is 0 Å². The molecular weight excluding hydrogens is 254 g/mol. The summed E-state index contributed by atoms with van der Waals surface area (Å²) < 4.78 is 0. The molecule has 3 rings (SSSR count). The first-order valence-electron chi connectivity index (χ1n) is 7.32. The molecule has 0 amide bonds. The maximum Gasteiger partial charge on any atom is 0.127 e. The standard InChI is InChI=1S/C15H23N3S/c19-15-16-11-17(13-7-3-1-4-8-13)12-18(15)14-9-5-2-6-10-14/h2,5-6,9-10,13,15-16,19H,1,3-4,7-8,11-12H2. The number of benzene rings is 1. The number of rotatable bonds is 2. The van der Waals surface area contributed by atoms with Crippen molar-refractivity contribution in [2.24, 2.45) is 0 Å². The Labute approximate surface area is 121 Å². The van der Waals surface area contributed by atoms with Crippen LogP contribution in [0.1, 0.15) is 32.1 Å². The van der Waals surface area contributed by atoms with Crippen molar-refractivity contribution in [2.45, 2.75) is 43.6 Å². The summed E-state index contributed by atoms with van der Waals surface area (Å²) in [6.07, 6.45) is 6.88. The van der Waals surface area contributed by atoms with Gasteiger partial charge in [0, 0.05) is 11.7 Å². The van der Waals surface area contributed by atoms with Crippen molar-refractivity contribution in [1.29, 1.82) is 0 Å². The summed E-state index contributed by atoms with van der Waals surface area (Å²) in [6.45, 7) is 1.94. The second-order valence-corrected chi connectivity index (χ2v) is 6.05. The van der Waals surface area contributed by atoms with Crippen molar-refractivity contribution in [2.75, 3.05) is 18.2 Å². The van der Waals surface area contributed by atoms with Crippen LogP contribution in [0.25, 0.3) is 0 Å². The molecule has 1 heterocycles. The van der Waals surface area contributed by atoms with E-state index in [-0.39, 0.29) is 5.50 Å². The lowest BCUT2D eigenvalue weighted by molar-refractivity contribution is 0.119. The Bertz CT molecular complexity index is 392. The highest BCUT2D eigenvalue weighted by molar-refractivity contribution is 7.81. The van der Waals surface area contributed by atoms with E-state index in [2.05, 4.69) is 58.1 Å². The number of hydrogen-bond acceptors (Lipinski definition) is 4. The molecule has 0 aromatic heterocycles. The molecule has 0 bridgehead atoms. The highest BCUT2D eigenvalue weighted by atomic mass is 32.1. The third-order valence-electron chi connectivity index (χ3n) is 4.29. The van der Waals surface area contributed by atoms with Gasteiger partial charge in [-0.2, -0.15) is 0 Å². The van der Waals surface area contributed by atoms with E-state index < -0.39 is 0 Å². The Morgan fingerprint density at radius 1 is 1.05 bits per heavy atom.